The van der Waals surface area contributed by atoms with Crippen molar-refractivity contribution in [1.29, 1.82) is 0 Å². The molecule has 0 spiro atoms. The Balaban J connectivity index is 1.42. The van der Waals surface area contributed by atoms with Crippen LogP contribution in [0.4, 0.5) is 0 Å². The molecule has 5 heteroatoms. The zero-order valence-electron chi connectivity index (χ0n) is 18.8. The fraction of sp³-hybridized carbons (Fsp3) is 0.214. The van der Waals surface area contributed by atoms with Crippen LogP contribution in [0.15, 0.2) is 78.9 Å². The van der Waals surface area contributed by atoms with E-state index >= 15 is 0 Å². The monoisotopic (exact) mass is 437 g/mol. The van der Waals surface area contributed by atoms with E-state index in [2.05, 4.69) is 22.4 Å². The van der Waals surface area contributed by atoms with Gasteiger partial charge >= 0.3 is 0 Å². The standard InChI is InChI=1S/C28H27N3O2/c1-18(20-10-4-3-5-11-20)30-25(32)16-17-31-27(21-12-6-7-13-22(21)28(31)33)26-19(2)29-24-15-9-8-14-23(24)26/h3-15,18,27,29H,16-17H2,1-2H3,(H,30,32)/t18-,27+/m0/s1. The molecule has 0 fully saturated rings. The fourth-order valence-electron chi connectivity index (χ4n) is 4.92. The number of para-hydroxylation sites is 1. The van der Waals surface area contributed by atoms with E-state index in [4.69, 9.17) is 0 Å². The number of carbonyl (C=O) groups excluding carboxylic acids is 2. The summed E-state index contributed by atoms with van der Waals surface area (Å²) in [7, 11) is 0. The van der Waals surface area contributed by atoms with Crippen LogP contribution < -0.4 is 5.32 Å². The third-order valence-corrected chi connectivity index (χ3v) is 6.53. The van der Waals surface area contributed by atoms with Crippen LogP contribution in [0, 0.1) is 6.92 Å². The molecule has 0 aliphatic carbocycles. The van der Waals surface area contributed by atoms with E-state index in [-0.39, 0.29) is 30.3 Å². The molecule has 0 saturated heterocycles. The predicted octanol–water partition coefficient (Wildman–Crippen LogP) is 5.29. The van der Waals surface area contributed by atoms with Crippen molar-refractivity contribution in [3.8, 4) is 0 Å². The molecule has 2 amide bonds. The molecule has 33 heavy (non-hydrogen) atoms. The highest BCUT2D eigenvalue weighted by molar-refractivity contribution is 6.01. The molecule has 2 N–H and O–H groups in total. The fourth-order valence-corrected chi connectivity index (χ4v) is 4.92. The molecule has 0 bridgehead atoms. The number of amides is 2. The third-order valence-electron chi connectivity index (χ3n) is 6.53. The minimum Gasteiger partial charge on any atom is -0.358 e. The van der Waals surface area contributed by atoms with Crippen LogP contribution in [-0.2, 0) is 4.79 Å². The average molecular weight is 438 g/mol. The number of nitrogens with zero attached hydrogens (tertiary/aromatic N) is 1. The molecule has 0 unspecified atom stereocenters. The number of rotatable bonds is 6. The van der Waals surface area contributed by atoms with E-state index in [1.165, 1.54) is 0 Å². The van der Waals surface area contributed by atoms with Crippen molar-refractivity contribution in [2.45, 2.75) is 32.4 Å². The zero-order chi connectivity index (χ0) is 22.9. The van der Waals surface area contributed by atoms with Gasteiger partial charge in [-0.15, -0.1) is 0 Å². The molecule has 4 aromatic rings. The lowest BCUT2D eigenvalue weighted by atomic mass is 9.95. The lowest BCUT2D eigenvalue weighted by Crippen LogP contribution is -2.34. The second kappa shape index (κ2) is 8.58. The number of carbonyl (C=O) groups is 2. The van der Waals surface area contributed by atoms with Gasteiger partial charge < -0.3 is 15.2 Å². The van der Waals surface area contributed by atoms with Crippen molar-refractivity contribution in [1.82, 2.24) is 15.2 Å². The van der Waals surface area contributed by atoms with E-state index in [9.17, 15) is 9.59 Å². The Morgan fingerprint density at radius 1 is 1.00 bits per heavy atom. The van der Waals surface area contributed by atoms with Crippen molar-refractivity contribution in [3.63, 3.8) is 0 Å². The summed E-state index contributed by atoms with van der Waals surface area (Å²) in [5.41, 5.74) is 5.96. The summed E-state index contributed by atoms with van der Waals surface area (Å²) in [6.45, 7) is 4.37. The molecule has 166 valence electrons. The largest absolute Gasteiger partial charge is 0.358 e. The van der Waals surface area contributed by atoms with Gasteiger partial charge in [-0.3, -0.25) is 9.59 Å². The molecule has 5 nitrogen and oxygen atoms in total. The van der Waals surface area contributed by atoms with Gasteiger partial charge in [0.15, 0.2) is 0 Å². The summed E-state index contributed by atoms with van der Waals surface area (Å²) in [4.78, 5) is 31.5. The number of hydrogen-bond acceptors (Lipinski definition) is 2. The highest BCUT2D eigenvalue weighted by Crippen LogP contribution is 2.42. The Hall–Kier alpha value is -3.86. The topological polar surface area (TPSA) is 65.2 Å². The van der Waals surface area contributed by atoms with Crippen LogP contribution in [0.5, 0.6) is 0 Å². The van der Waals surface area contributed by atoms with Crippen molar-refractivity contribution in [2.24, 2.45) is 0 Å². The van der Waals surface area contributed by atoms with Gasteiger partial charge in [0.05, 0.1) is 12.1 Å². The summed E-state index contributed by atoms with van der Waals surface area (Å²) in [6, 6.07) is 25.5. The van der Waals surface area contributed by atoms with Gasteiger partial charge in [0.1, 0.15) is 0 Å². The van der Waals surface area contributed by atoms with Crippen LogP contribution in [0.1, 0.15) is 58.2 Å². The van der Waals surface area contributed by atoms with E-state index in [1.807, 2.05) is 85.5 Å². The summed E-state index contributed by atoms with van der Waals surface area (Å²) in [5, 5.41) is 4.17. The third kappa shape index (κ3) is 3.80. The highest BCUT2D eigenvalue weighted by atomic mass is 16.2. The second-order valence-electron chi connectivity index (χ2n) is 8.65. The SMILES string of the molecule is Cc1[nH]c2ccccc2c1[C@H]1c2ccccc2C(=O)N1CCC(=O)N[C@@H](C)c1ccccc1. The van der Waals surface area contributed by atoms with Gasteiger partial charge in [0.25, 0.3) is 5.91 Å². The number of aromatic amines is 1. The molecule has 3 aromatic carbocycles. The number of benzene rings is 3. The molecule has 2 atom stereocenters. The average Bonchev–Trinajstić information content (AvgIpc) is 3.31. The predicted molar refractivity (Wildman–Crippen MR) is 130 cm³/mol. The minimum absolute atomic E-state index is 0.0239. The van der Waals surface area contributed by atoms with E-state index in [0.717, 1.165) is 33.3 Å². The summed E-state index contributed by atoms with van der Waals surface area (Å²) >= 11 is 0. The maximum Gasteiger partial charge on any atom is 0.255 e. The van der Waals surface area contributed by atoms with Crippen LogP contribution in [0.2, 0.25) is 0 Å². The van der Waals surface area contributed by atoms with Gasteiger partial charge in [-0.25, -0.2) is 0 Å². The molecule has 1 aliphatic rings. The Kier molecular flexibility index (Phi) is 5.47. The first-order chi connectivity index (χ1) is 16.0. The molecule has 5 rings (SSSR count). The van der Waals surface area contributed by atoms with Gasteiger partial charge in [-0.1, -0.05) is 66.7 Å². The first-order valence-electron chi connectivity index (χ1n) is 11.4. The van der Waals surface area contributed by atoms with E-state index in [0.29, 0.717) is 12.1 Å². The lowest BCUT2D eigenvalue weighted by molar-refractivity contribution is -0.122. The van der Waals surface area contributed by atoms with Gasteiger partial charge in [-0.05, 0) is 37.1 Å². The number of fused-ring (bicyclic) bond motifs is 2. The van der Waals surface area contributed by atoms with Gasteiger partial charge in [0, 0.05) is 40.7 Å². The number of nitrogens with one attached hydrogen (secondary N) is 2. The van der Waals surface area contributed by atoms with Crippen LogP contribution in [0.25, 0.3) is 10.9 Å². The number of aromatic nitrogens is 1. The minimum atomic E-state index is -0.218. The Bertz CT molecular complexity index is 1330. The van der Waals surface area contributed by atoms with E-state index < -0.39 is 0 Å². The van der Waals surface area contributed by atoms with Crippen LogP contribution >= 0.6 is 0 Å². The van der Waals surface area contributed by atoms with Crippen molar-refractivity contribution in [3.05, 3.63) is 107 Å². The maximum absolute atomic E-state index is 13.4. The first kappa shape index (κ1) is 21.0. The van der Waals surface area contributed by atoms with Gasteiger partial charge in [0.2, 0.25) is 5.91 Å². The first-order valence-corrected chi connectivity index (χ1v) is 11.4. The van der Waals surface area contributed by atoms with Crippen LogP contribution in [-0.4, -0.2) is 28.2 Å². The summed E-state index contributed by atoms with van der Waals surface area (Å²) in [5.74, 6) is -0.0892. The van der Waals surface area contributed by atoms with Crippen LogP contribution in [0.3, 0.4) is 0 Å². The Morgan fingerprint density at radius 3 is 2.52 bits per heavy atom. The van der Waals surface area contributed by atoms with Crippen molar-refractivity contribution >= 4 is 22.7 Å². The number of H-pyrrole nitrogens is 1. The molecule has 0 saturated carbocycles. The zero-order valence-corrected chi connectivity index (χ0v) is 18.8. The Morgan fingerprint density at radius 2 is 1.70 bits per heavy atom. The lowest BCUT2D eigenvalue weighted by Gasteiger charge is -2.26. The maximum atomic E-state index is 13.4. The molecule has 0 radical (unpaired) electrons. The smallest absolute Gasteiger partial charge is 0.255 e. The normalized spacial score (nSPS) is 16.1. The quantitative estimate of drug-likeness (QED) is 0.431. The second-order valence-corrected chi connectivity index (χ2v) is 8.65. The molecular formula is C28H27N3O2. The molecular weight excluding hydrogens is 410 g/mol. The van der Waals surface area contributed by atoms with Crippen molar-refractivity contribution < 1.29 is 9.59 Å². The van der Waals surface area contributed by atoms with Crippen molar-refractivity contribution in [2.75, 3.05) is 6.54 Å². The molecule has 1 aromatic heterocycles. The number of hydrogen-bond donors (Lipinski definition) is 2. The van der Waals surface area contributed by atoms with E-state index in [1.54, 1.807) is 0 Å². The molecule has 1 aliphatic heterocycles. The molecule has 2 heterocycles. The number of aryl methyl sites for hydroxylation is 1. The Labute approximate surface area is 193 Å². The summed E-state index contributed by atoms with van der Waals surface area (Å²) < 4.78 is 0. The van der Waals surface area contributed by atoms with Gasteiger partial charge in [-0.2, -0.15) is 0 Å². The highest BCUT2D eigenvalue weighted by Gasteiger charge is 2.39. The summed E-state index contributed by atoms with van der Waals surface area (Å²) in [6.07, 6.45) is 0.245.